The maximum atomic E-state index is 14.2. The Hall–Kier alpha value is -4.77. The van der Waals surface area contributed by atoms with Gasteiger partial charge >= 0.3 is 0 Å². The number of rotatable bonds is 8. The van der Waals surface area contributed by atoms with E-state index in [1.54, 1.807) is 74.7 Å². The first-order chi connectivity index (χ1) is 19.7. The quantitative estimate of drug-likeness (QED) is 0.253. The number of nitrogens with one attached hydrogen (secondary N) is 2. The van der Waals surface area contributed by atoms with Crippen LogP contribution in [0, 0.1) is 6.92 Å². The van der Waals surface area contributed by atoms with E-state index in [4.69, 9.17) is 9.47 Å². The summed E-state index contributed by atoms with van der Waals surface area (Å²) in [6, 6.07) is 16.2. The molecule has 2 N–H and O–H groups in total. The van der Waals surface area contributed by atoms with Gasteiger partial charge in [0, 0.05) is 66.2 Å². The molecule has 41 heavy (non-hydrogen) atoms. The molecule has 4 heterocycles. The van der Waals surface area contributed by atoms with Crippen LogP contribution >= 0.6 is 0 Å². The van der Waals surface area contributed by atoms with Gasteiger partial charge < -0.3 is 24.3 Å². The molecule has 1 unspecified atom stereocenters. The Balaban J connectivity index is 1.54. The molecule has 6 aromatic rings. The summed E-state index contributed by atoms with van der Waals surface area (Å²) >= 11 is 0. The van der Waals surface area contributed by atoms with E-state index in [0.717, 1.165) is 27.7 Å². The first-order valence-electron chi connectivity index (χ1n) is 13.0. The standard InChI is InChI=1S/C30H30N6O4S/c1-18-6-8-19(9-7-18)41(37,38)30(34-28-11-13-32-36(28)3)20-10-12-31-29-22(20)14-24(33-29)23-17-35(2)25-16-27(40-5)26(39-4)15-21(23)25/h6-17,30,34H,1-5H3,(H,31,33). The largest absolute Gasteiger partial charge is 0.493 e. The Bertz CT molecular complexity index is 2000. The number of benzene rings is 2. The number of H-pyrrole nitrogens is 1. The van der Waals surface area contributed by atoms with Crippen LogP contribution in [-0.2, 0) is 23.9 Å². The summed E-state index contributed by atoms with van der Waals surface area (Å²) in [5.41, 5.74) is 4.80. The minimum Gasteiger partial charge on any atom is -0.493 e. The number of aromatic nitrogens is 5. The summed E-state index contributed by atoms with van der Waals surface area (Å²) in [7, 11) is 3.06. The van der Waals surface area contributed by atoms with E-state index in [-0.39, 0.29) is 4.90 Å². The second kappa shape index (κ2) is 10.0. The molecule has 11 heteroatoms. The SMILES string of the molecule is COc1cc2c(-c3cc4c(C(Nc5ccnn5C)S(=O)(=O)c5ccc(C)cc5)ccnc4[nH]3)cn(C)c2cc1OC. The van der Waals surface area contributed by atoms with Gasteiger partial charge in [-0.25, -0.2) is 13.4 Å². The number of ether oxygens (including phenoxy) is 2. The number of hydrogen-bond donors (Lipinski definition) is 2. The van der Waals surface area contributed by atoms with Crippen LogP contribution in [0.1, 0.15) is 16.5 Å². The highest BCUT2D eigenvalue weighted by molar-refractivity contribution is 7.91. The number of aryl methyl sites for hydroxylation is 3. The number of hydrogen-bond acceptors (Lipinski definition) is 7. The lowest BCUT2D eigenvalue weighted by Gasteiger charge is -2.21. The highest BCUT2D eigenvalue weighted by Gasteiger charge is 2.32. The van der Waals surface area contributed by atoms with Crippen LogP contribution in [-0.4, -0.2) is 47.0 Å². The van der Waals surface area contributed by atoms with Crippen molar-refractivity contribution >= 4 is 37.6 Å². The van der Waals surface area contributed by atoms with Crippen molar-refractivity contribution in [2.75, 3.05) is 19.5 Å². The molecule has 0 bridgehead atoms. The van der Waals surface area contributed by atoms with Crippen LogP contribution in [0.15, 0.2) is 78.1 Å². The number of aromatic amines is 1. The van der Waals surface area contributed by atoms with Crippen LogP contribution in [0.25, 0.3) is 33.2 Å². The zero-order valence-corrected chi connectivity index (χ0v) is 24.2. The molecular weight excluding hydrogens is 540 g/mol. The number of fused-ring (bicyclic) bond motifs is 2. The van der Waals surface area contributed by atoms with Gasteiger partial charge in [-0.2, -0.15) is 5.10 Å². The highest BCUT2D eigenvalue weighted by Crippen LogP contribution is 2.40. The van der Waals surface area contributed by atoms with Gasteiger partial charge in [-0.1, -0.05) is 17.7 Å². The lowest BCUT2D eigenvalue weighted by molar-refractivity contribution is 0.355. The van der Waals surface area contributed by atoms with Crippen LogP contribution in [0.2, 0.25) is 0 Å². The molecule has 2 aromatic carbocycles. The molecule has 10 nitrogen and oxygen atoms in total. The maximum Gasteiger partial charge on any atom is 0.203 e. The van der Waals surface area contributed by atoms with E-state index in [1.807, 2.05) is 42.9 Å². The molecule has 0 saturated heterocycles. The summed E-state index contributed by atoms with van der Waals surface area (Å²) in [5.74, 6) is 1.83. The first kappa shape index (κ1) is 26.5. The van der Waals surface area contributed by atoms with Gasteiger partial charge in [-0.05, 0) is 37.3 Å². The summed E-state index contributed by atoms with van der Waals surface area (Å²) < 4.78 is 43.0. The van der Waals surface area contributed by atoms with Crippen molar-refractivity contribution in [1.29, 1.82) is 0 Å². The predicted octanol–water partition coefficient (Wildman–Crippen LogP) is 5.37. The number of nitrogens with zero attached hydrogens (tertiary/aromatic N) is 4. The van der Waals surface area contributed by atoms with Crippen molar-refractivity contribution < 1.29 is 17.9 Å². The van der Waals surface area contributed by atoms with Crippen LogP contribution in [0.3, 0.4) is 0 Å². The average Bonchev–Trinajstić information content (AvgIpc) is 3.67. The van der Waals surface area contributed by atoms with Gasteiger partial charge in [0.2, 0.25) is 9.84 Å². The molecule has 0 spiro atoms. The minimum absolute atomic E-state index is 0.221. The normalized spacial score (nSPS) is 12.6. The number of methoxy groups -OCH3 is 2. The molecule has 0 aliphatic rings. The van der Waals surface area contributed by atoms with E-state index in [9.17, 15) is 8.42 Å². The summed E-state index contributed by atoms with van der Waals surface area (Å²) in [5, 5.41) is 7.99. The van der Waals surface area contributed by atoms with Crippen molar-refractivity contribution in [1.82, 2.24) is 24.3 Å². The lowest BCUT2D eigenvalue weighted by Crippen LogP contribution is -2.23. The van der Waals surface area contributed by atoms with Gasteiger partial charge in [0.25, 0.3) is 0 Å². The molecule has 0 aliphatic carbocycles. The third kappa shape index (κ3) is 4.48. The minimum atomic E-state index is -3.89. The number of pyridine rings is 1. The van der Waals surface area contributed by atoms with E-state index in [2.05, 4.69) is 20.4 Å². The zero-order valence-electron chi connectivity index (χ0n) is 23.3. The second-order valence-corrected chi connectivity index (χ2v) is 12.0. The molecule has 1 atom stereocenters. The Morgan fingerprint density at radius 3 is 2.34 bits per heavy atom. The topological polar surface area (TPSA) is 116 Å². The van der Waals surface area contributed by atoms with Crippen molar-refractivity contribution in [2.45, 2.75) is 17.2 Å². The maximum absolute atomic E-state index is 14.2. The monoisotopic (exact) mass is 570 g/mol. The average molecular weight is 571 g/mol. The second-order valence-electron chi connectivity index (χ2n) is 9.95. The van der Waals surface area contributed by atoms with Gasteiger partial charge in [0.1, 0.15) is 11.5 Å². The molecule has 0 radical (unpaired) electrons. The Morgan fingerprint density at radius 1 is 0.927 bits per heavy atom. The molecular formula is C30H30N6O4S. The first-order valence-corrected chi connectivity index (χ1v) is 14.5. The Morgan fingerprint density at radius 2 is 1.66 bits per heavy atom. The fourth-order valence-electron chi connectivity index (χ4n) is 5.18. The van der Waals surface area contributed by atoms with Gasteiger partial charge in [0.15, 0.2) is 16.9 Å². The van der Waals surface area contributed by atoms with Crippen LogP contribution in [0.5, 0.6) is 11.5 Å². The number of sulfone groups is 1. The van der Waals surface area contributed by atoms with Crippen molar-refractivity contribution in [2.24, 2.45) is 14.1 Å². The molecule has 0 saturated carbocycles. The zero-order chi connectivity index (χ0) is 28.9. The molecule has 210 valence electrons. The van der Waals surface area contributed by atoms with Crippen LogP contribution < -0.4 is 14.8 Å². The van der Waals surface area contributed by atoms with Gasteiger partial charge in [-0.3, -0.25) is 4.68 Å². The summed E-state index contributed by atoms with van der Waals surface area (Å²) in [6.45, 7) is 1.93. The summed E-state index contributed by atoms with van der Waals surface area (Å²) in [6.07, 6.45) is 5.26. The third-order valence-corrected chi connectivity index (χ3v) is 9.31. The Labute approximate surface area is 237 Å². The fraction of sp³-hybridized carbons (Fsp3) is 0.200. The van der Waals surface area contributed by atoms with E-state index in [1.165, 1.54) is 0 Å². The van der Waals surface area contributed by atoms with E-state index >= 15 is 0 Å². The Kier molecular flexibility index (Phi) is 6.46. The van der Waals surface area contributed by atoms with E-state index in [0.29, 0.717) is 33.9 Å². The molecule has 0 amide bonds. The molecule has 0 aliphatic heterocycles. The van der Waals surface area contributed by atoms with Gasteiger partial charge in [-0.15, -0.1) is 0 Å². The van der Waals surface area contributed by atoms with Crippen LogP contribution in [0.4, 0.5) is 5.82 Å². The number of anilines is 1. The van der Waals surface area contributed by atoms with Crippen molar-refractivity contribution in [3.05, 3.63) is 84.3 Å². The molecule has 0 fully saturated rings. The van der Waals surface area contributed by atoms with E-state index < -0.39 is 15.2 Å². The fourth-order valence-corrected chi connectivity index (χ4v) is 6.78. The smallest absolute Gasteiger partial charge is 0.203 e. The summed E-state index contributed by atoms with van der Waals surface area (Å²) in [4.78, 5) is 8.18. The molecule has 4 aromatic heterocycles. The molecule has 6 rings (SSSR count). The van der Waals surface area contributed by atoms with Gasteiger partial charge in [0.05, 0.1) is 30.8 Å². The van der Waals surface area contributed by atoms with Crippen molar-refractivity contribution in [3.8, 4) is 22.8 Å². The highest BCUT2D eigenvalue weighted by atomic mass is 32.2. The van der Waals surface area contributed by atoms with Crippen molar-refractivity contribution in [3.63, 3.8) is 0 Å². The lowest BCUT2D eigenvalue weighted by atomic mass is 10.1. The third-order valence-electron chi connectivity index (χ3n) is 7.39. The predicted molar refractivity (Wildman–Crippen MR) is 159 cm³/mol.